The molecule has 0 saturated heterocycles. The van der Waals surface area contributed by atoms with Crippen molar-refractivity contribution in [1.82, 2.24) is 4.72 Å². The minimum Gasteiger partial charge on any atom is -0.242 e. The minimum absolute atomic E-state index is 0.306. The van der Waals surface area contributed by atoms with Crippen LogP contribution in [0.5, 0.6) is 0 Å². The van der Waals surface area contributed by atoms with Crippen LogP contribution in [0.3, 0.4) is 0 Å². The Morgan fingerprint density at radius 1 is 1.09 bits per heavy atom. The molecular weight excluding hydrogens is 290 g/mol. The summed E-state index contributed by atoms with van der Waals surface area (Å²) in [6, 6.07) is 14.7. The molecule has 0 radical (unpaired) electrons. The SMILES string of the molecule is C=CCC(C)(NS(=O)C(C)(C)C)c1ccc2ccccc2c1. The van der Waals surface area contributed by atoms with Crippen LogP contribution in [-0.2, 0) is 16.5 Å². The van der Waals surface area contributed by atoms with Crippen molar-refractivity contribution in [3.8, 4) is 0 Å². The predicted octanol–water partition coefficient (Wildman–Crippen LogP) is 4.68. The number of benzene rings is 2. The molecule has 2 atom stereocenters. The van der Waals surface area contributed by atoms with Gasteiger partial charge in [-0.1, -0.05) is 42.5 Å². The highest BCUT2D eigenvalue weighted by Gasteiger charge is 2.31. The van der Waals surface area contributed by atoms with Gasteiger partial charge in [-0.2, -0.15) is 0 Å². The summed E-state index contributed by atoms with van der Waals surface area (Å²) in [7, 11) is -1.14. The lowest BCUT2D eigenvalue weighted by molar-refractivity contribution is 0.447. The number of rotatable bonds is 5. The van der Waals surface area contributed by atoms with Gasteiger partial charge in [-0.15, -0.1) is 6.58 Å². The summed E-state index contributed by atoms with van der Waals surface area (Å²) in [5, 5.41) is 2.41. The highest BCUT2D eigenvalue weighted by Crippen LogP contribution is 2.30. The van der Waals surface area contributed by atoms with Gasteiger partial charge in [0.05, 0.1) is 21.3 Å². The molecule has 22 heavy (non-hydrogen) atoms. The standard InChI is InChI=1S/C19H25NOS/c1-6-13-19(5,20-22(21)18(2,3)4)17-12-11-15-9-7-8-10-16(15)14-17/h6-12,14,20H,1,13H2,2-5H3. The molecule has 2 nitrogen and oxygen atoms in total. The van der Waals surface area contributed by atoms with E-state index < -0.39 is 16.5 Å². The van der Waals surface area contributed by atoms with Crippen molar-refractivity contribution in [1.29, 1.82) is 0 Å². The van der Waals surface area contributed by atoms with Crippen molar-refractivity contribution in [3.63, 3.8) is 0 Å². The molecule has 0 saturated carbocycles. The van der Waals surface area contributed by atoms with E-state index in [1.54, 1.807) is 0 Å². The van der Waals surface area contributed by atoms with Crippen LogP contribution in [0.4, 0.5) is 0 Å². The summed E-state index contributed by atoms with van der Waals surface area (Å²) in [6.07, 6.45) is 2.59. The highest BCUT2D eigenvalue weighted by molar-refractivity contribution is 7.84. The Morgan fingerprint density at radius 3 is 2.32 bits per heavy atom. The van der Waals surface area contributed by atoms with Crippen LogP contribution in [0.25, 0.3) is 10.8 Å². The van der Waals surface area contributed by atoms with Crippen LogP contribution in [-0.4, -0.2) is 8.96 Å². The van der Waals surface area contributed by atoms with Gasteiger partial charge in [-0.25, -0.2) is 8.93 Å². The first-order valence-corrected chi connectivity index (χ1v) is 8.71. The molecule has 0 aromatic heterocycles. The fraction of sp³-hybridized carbons (Fsp3) is 0.368. The second-order valence-electron chi connectivity index (χ2n) is 6.87. The maximum Gasteiger partial charge on any atom is 0.0978 e. The van der Waals surface area contributed by atoms with Crippen molar-refractivity contribution in [2.45, 2.75) is 44.4 Å². The largest absolute Gasteiger partial charge is 0.242 e. The molecular formula is C19H25NOS. The molecule has 0 fully saturated rings. The lowest BCUT2D eigenvalue weighted by atomic mass is 9.88. The third-order valence-corrected chi connectivity index (χ3v) is 5.56. The van der Waals surface area contributed by atoms with Gasteiger partial charge >= 0.3 is 0 Å². The number of nitrogens with one attached hydrogen (secondary N) is 1. The topological polar surface area (TPSA) is 29.1 Å². The third-order valence-electron chi connectivity index (χ3n) is 3.81. The number of fused-ring (bicyclic) bond motifs is 1. The van der Waals surface area contributed by atoms with E-state index >= 15 is 0 Å². The molecule has 3 heteroatoms. The molecule has 0 aliphatic rings. The molecule has 2 rings (SSSR count). The van der Waals surface area contributed by atoms with E-state index in [1.807, 2.05) is 39.0 Å². The first-order valence-electron chi connectivity index (χ1n) is 7.56. The molecule has 2 aromatic carbocycles. The Kier molecular flexibility index (Phi) is 4.88. The maximum atomic E-state index is 12.6. The minimum atomic E-state index is -1.14. The average molecular weight is 315 g/mol. The number of hydrogen-bond donors (Lipinski definition) is 1. The van der Waals surface area contributed by atoms with Crippen molar-refractivity contribution in [3.05, 3.63) is 60.7 Å². The van der Waals surface area contributed by atoms with Crippen molar-refractivity contribution < 1.29 is 4.21 Å². The monoisotopic (exact) mass is 315 g/mol. The zero-order valence-corrected chi connectivity index (χ0v) is 14.7. The van der Waals surface area contributed by atoms with E-state index in [2.05, 4.69) is 48.6 Å². The van der Waals surface area contributed by atoms with Gasteiger partial charge in [0.2, 0.25) is 0 Å². The second kappa shape index (κ2) is 6.35. The molecule has 1 N–H and O–H groups in total. The van der Waals surface area contributed by atoms with Gasteiger partial charge in [-0.3, -0.25) is 0 Å². The lowest BCUT2D eigenvalue weighted by Crippen LogP contribution is -2.45. The normalized spacial score (nSPS) is 16.2. The van der Waals surface area contributed by atoms with Crippen LogP contribution in [0.15, 0.2) is 55.1 Å². The second-order valence-corrected chi connectivity index (χ2v) is 8.84. The van der Waals surface area contributed by atoms with Gasteiger partial charge in [0.15, 0.2) is 0 Å². The maximum absolute atomic E-state index is 12.6. The van der Waals surface area contributed by atoms with E-state index in [4.69, 9.17) is 0 Å². The fourth-order valence-electron chi connectivity index (χ4n) is 2.40. The van der Waals surface area contributed by atoms with Gasteiger partial charge in [0.1, 0.15) is 0 Å². The summed E-state index contributed by atoms with van der Waals surface area (Å²) in [6.45, 7) is 11.9. The molecule has 2 unspecified atom stereocenters. The van der Waals surface area contributed by atoms with E-state index in [0.717, 1.165) is 5.56 Å². The summed E-state index contributed by atoms with van der Waals surface area (Å²) < 4.78 is 15.6. The van der Waals surface area contributed by atoms with Crippen molar-refractivity contribution >= 4 is 21.8 Å². The van der Waals surface area contributed by atoms with Gasteiger partial charge < -0.3 is 0 Å². The summed E-state index contributed by atoms with van der Waals surface area (Å²) in [4.78, 5) is 0. The molecule has 0 spiro atoms. The zero-order chi connectivity index (χ0) is 16.4. The summed E-state index contributed by atoms with van der Waals surface area (Å²) in [5.74, 6) is 0. The summed E-state index contributed by atoms with van der Waals surface area (Å²) in [5.41, 5.74) is 0.730. The van der Waals surface area contributed by atoms with E-state index in [9.17, 15) is 4.21 Å². The molecule has 0 bridgehead atoms. The summed E-state index contributed by atoms with van der Waals surface area (Å²) >= 11 is 0. The van der Waals surface area contributed by atoms with E-state index in [0.29, 0.717) is 6.42 Å². The number of hydrogen-bond acceptors (Lipinski definition) is 1. The Labute approximate surface area is 136 Å². The molecule has 0 amide bonds. The van der Waals surface area contributed by atoms with Gasteiger partial charge in [0, 0.05) is 0 Å². The average Bonchev–Trinajstić information content (AvgIpc) is 2.46. The Hall–Kier alpha value is -1.45. The van der Waals surface area contributed by atoms with Crippen molar-refractivity contribution in [2.24, 2.45) is 0 Å². The van der Waals surface area contributed by atoms with E-state index in [1.165, 1.54) is 10.8 Å². The Bertz CT molecular complexity index is 702. The van der Waals surface area contributed by atoms with E-state index in [-0.39, 0.29) is 4.75 Å². The quantitative estimate of drug-likeness (QED) is 0.797. The van der Waals surface area contributed by atoms with Crippen LogP contribution in [0, 0.1) is 0 Å². The Balaban J connectivity index is 2.44. The van der Waals surface area contributed by atoms with Crippen LogP contribution in [0.2, 0.25) is 0 Å². The zero-order valence-electron chi connectivity index (χ0n) is 13.8. The predicted molar refractivity (Wildman–Crippen MR) is 97.1 cm³/mol. The molecule has 2 aromatic rings. The van der Waals surface area contributed by atoms with Gasteiger partial charge in [0.25, 0.3) is 0 Å². The third kappa shape index (κ3) is 3.65. The first-order chi connectivity index (χ1) is 10.3. The lowest BCUT2D eigenvalue weighted by Gasteiger charge is -2.33. The molecule has 0 aliphatic carbocycles. The van der Waals surface area contributed by atoms with Crippen molar-refractivity contribution in [2.75, 3.05) is 0 Å². The Morgan fingerprint density at radius 2 is 1.73 bits per heavy atom. The van der Waals surface area contributed by atoms with Crippen LogP contribution >= 0.6 is 0 Å². The smallest absolute Gasteiger partial charge is 0.0978 e. The van der Waals surface area contributed by atoms with Gasteiger partial charge in [-0.05, 0) is 56.5 Å². The van der Waals surface area contributed by atoms with Crippen LogP contribution < -0.4 is 4.72 Å². The van der Waals surface area contributed by atoms with Crippen LogP contribution in [0.1, 0.15) is 39.7 Å². The highest BCUT2D eigenvalue weighted by atomic mass is 32.2. The molecule has 0 aliphatic heterocycles. The molecule has 118 valence electrons. The first kappa shape index (κ1) is 16.9. The fourth-order valence-corrected chi connectivity index (χ4v) is 3.31. The molecule has 0 heterocycles.